The molecule has 0 fully saturated rings. The van der Waals surface area contributed by atoms with E-state index in [1.165, 1.54) is 10.4 Å². The molecule has 1 aromatic carbocycles. The van der Waals surface area contributed by atoms with Crippen LogP contribution in [0.2, 0.25) is 0 Å². The molecule has 3 aromatic heterocycles. The van der Waals surface area contributed by atoms with Gasteiger partial charge in [-0.1, -0.05) is 18.2 Å². The Labute approximate surface area is 189 Å². The molecule has 4 aromatic rings. The van der Waals surface area contributed by atoms with E-state index >= 15 is 0 Å². The van der Waals surface area contributed by atoms with Gasteiger partial charge in [0.2, 0.25) is 0 Å². The maximum Gasteiger partial charge on any atom is 0.259 e. The molecule has 0 radical (unpaired) electrons. The Morgan fingerprint density at radius 1 is 1.19 bits per heavy atom. The fourth-order valence-corrected chi connectivity index (χ4v) is 5.48. The number of aromatic nitrogens is 2. The Kier molecular flexibility index (Phi) is 6.07. The first-order valence-corrected chi connectivity index (χ1v) is 11.6. The summed E-state index contributed by atoms with van der Waals surface area (Å²) in [6.07, 6.45) is 4.01. The van der Waals surface area contributed by atoms with E-state index < -0.39 is 6.10 Å². The number of aromatic amines is 1. The molecule has 7 nitrogen and oxygen atoms in total. The number of hydrogen-bond acceptors (Lipinski definition) is 7. The second-order valence-electron chi connectivity index (χ2n) is 8.08. The van der Waals surface area contributed by atoms with Crippen molar-refractivity contribution in [1.29, 1.82) is 0 Å². The van der Waals surface area contributed by atoms with Gasteiger partial charge < -0.3 is 19.2 Å². The highest BCUT2D eigenvalue weighted by Crippen LogP contribution is 2.34. The Hall–Kier alpha value is -2.94. The molecule has 1 aliphatic rings. The molecule has 0 unspecified atom stereocenters. The van der Waals surface area contributed by atoms with Crippen LogP contribution < -0.4 is 10.3 Å². The van der Waals surface area contributed by atoms with E-state index in [-0.39, 0.29) is 12.2 Å². The average Bonchev–Trinajstić information content (AvgIpc) is 3.51. The molecule has 0 amide bonds. The SMILES string of the molecule is O=c1[nH]c(CN(Cc2ccco2)C[C@H](O)COc2ccccc2)nc2sc3c(c12)CCC3. The van der Waals surface area contributed by atoms with Crippen molar-refractivity contribution in [1.82, 2.24) is 14.9 Å². The molecular formula is C24H25N3O4S. The van der Waals surface area contributed by atoms with Gasteiger partial charge in [0.25, 0.3) is 5.56 Å². The first-order chi connectivity index (χ1) is 15.7. The smallest absolute Gasteiger partial charge is 0.259 e. The number of benzene rings is 1. The summed E-state index contributed by atoms with van der Waals surface area (Å²) in [4.78, 5) is 24.6. The molecule has 8 heteroatoms. The van der Waals surface area contributed by atoms with Crippen molar-refractivity contribution in [3.63, 3.8) is 0 Å². The van der Waals surface area contributed by atoms with Gasteiger partial charge in [0.05, 0.1) is 24.7 Å². The molecule has 32 heavy (non-hydrogen) atoms. The fourth-order valence-electron chi connectivity index (χ4n) is 4.20. The molecule has 3 heterocycles. The number of hydrogen-bond donors (Lipinski definition) is 2. The molecule has 0 saturated carbocycles. The highest BCUT2D eigenvalue weighted by molar-refractivity contribution is 7.18. The first kappa shape index (κ1) is 20.9. The summed E-state index contributed by atoms with van der Waals surface area (Å²) < 4.78 is 11.2. The molecule has 166 valence electrons. The topological polar surface area (TPSA) is 91.6 Å². The number of rotatable bonds is 9. The fraction of sp³-hybridized carbons (Fsp3) is 0.333. The van der Waals surface area contributed by atoms with Gasteiger partial charge >= 0.3 is 0 Å². The third-order valence-electron chi connectivity index (χ3n) is 5.61. The van der Waals surface area contributed by atoms with Gasteiger partial charge in [-0.3, -0.25) is 9.69 Å². The minimum atomic E-state index is -0.717. The van der Waals surface area contributed by atoms with Gasteiger partial charge in [-0.15, -0.1) is 11.3 Å². The summed E-state index contributed by atoms with van der Waals surface area (Å²) in [6.45, 7) is 1.38. The predicted octanol–water partition coefficient (Wildman–Crippen LogP) is 3.51. The maximum absolute atomic E-state index is 12.8. The van der Waals surface area contributed by atoms with Gasteiger partial charge in [0, 0.05) is 11.4 Å². The molecule has 0 bridgehead atoms. The minimum Gasteiger partial charge on any atom is -0.491 e. The van der Waals surface area contributed by atoms with Crippen molar-refractivity contribution in [3.05, 3.63) is 81.1 Å². The monoisotopic (exact) mass is 451 g/mol. The molecule has 0 saturated heterocycles. The van der Waals surface area contributed by atoms with E-state index in [2.05, 4.69) is 4.98 Å². The van der Waals surface area contributed by atoms with Crippen molar-refractivity contribution in [3.8, 4) is 5.75 Å². The van der Waals surface area contributed by atoms with E-state index in [0.717, 1.165) is 35.2 Å². The van der Waals surface area contributed by atoms with Crippen LogP contribution in [0.4, 0.5) is 0 Å². The number of fused-ring (bicyclic) bond motifs is 3. The van der Waals surface area contributed by atoms with Crippen LogP contribution in [0, 0.1) is 0 Å². The van der Waals surface area contributed by atoms with Crippen molar-refractivity contribution in [2.24, 2.45) is 0 Å². The number of H-pyrrole nitrogens is 1. The number of furan rings is 1. The van der Waals surface area contributed by atoms with Crippen molar-refractivity contribution in [2.45, 2.75) is 38.5 Å². The second-order valence-corrected chi connectivity index (χ2v) is 9.16. The van der Waals surface area contributed by atoms with Gasteiger partial charge in [-0.2, -0.15) is 0 Å². The van der Waals surface area contributed by atoms with Gasteiger partial charge in [0.1, 0.15) is 34.9 Å². The van der Waals surface area contributed by atoms with E-state index in [4.69, 9.17) is 14.1 Å². The number of aliphatic hydroxyl groups excluding tert-OH is 1. The predicted molar refractivity (Wildman–Crippen MR) is 123 cm³/mol. The zero-order valence-corrected chi connectivity index (χ0v) is 18.4. The van der Waals surface area contributed by atoms with Crippen molar-refractivity contribution in [2.75, 3.05) is 13.2 Å². The summed E-state index contributed by atoms with van der Waals surface area (Å²) in [6, 6.07) is 13.1. The van der Waals surface area contributed by atoms with E-state index in [0.29, 0.717) is 31.2 Å². The van der Waals surface area contributed by atoms with Gasteiger partial charge in [-0.25, -0.2) is 4.98 Å². The summed E-state index contributed by atoms with van der Waals surface area (Å²) in [5.41, 5.74) is 1.10. The Morgan fingerprint density at radius 2 is 2.06 bits per heavy atom. The summed E-state index contributed by atoms with van der Waals surface area (Å²) in [7, 11) is 0. The van der Waals surface area contributed by atoms with Crippen molar-refractivity contribution < 1.29 is 14.3 Å². The Bertz CT molecular complexity index is 1230. The Balaban J connectivity index is 1.32. The van der Waals surface area contributed by atoms with Crippen LogP contribution in [-0.4, -0.2) is 39.2 Å². The van der Waals surface area contributed by atoms with Gasteiger partial charge in [0.15, 0.2) is 0 Å². The highest BCUT2D eigenvalue weighted by atomic mass is 32.1. The number of nitrogens with zero attached hydrogens (tertiary/aromatic N) is 2. The second kappa shape index (κ2) is 9.28. The highest BCUT2D eigenvalue weighted by Gasteiger charge is 2.22. The van der Waals surface area contributed by atoms with E-state index in [1.807, 2.05) is 47.4 Å². The zero-order chi connectivity index (χ0) is 21.9. The average molecular weight is 452 g/mol. The van der Waals surface area contributed by atoms with Crippen LogP contribution in [0.25, 0.3) is 10.2 Å². The summed E-state index contributed by atoms with van der Waals surface area (Å²) >= 11 is 1.63. The molecular weight excluding hydrogens is 426 g/mol. The van der Waals surface area contributed by atoms with Gasteiger partial charge in [-0.05, 0) is 49.1 Å². The molecule has 2 N–H and O–H groups in total. The lowest BCUT2D eigenvalue weighted by molar-refractivity contribution is 0.0595. The molecule has 5 rings (SSSR count). The molecule has 0 spiro atoms. The lowest BCUT2D eigenvalue weighted by atomic mass is 10.2. The largest absolute Gasteiger partial charge is 0.491 e. The number of thiophene rings is 1. The zero-order valence-electron chi connectivity index (χ0n) is 17.6. The van der Waals surface area contributed by atoms with Crippen LogP contribution in [0.15, 0.2) is 57.9 Å². The van der Waals surface area contributed by atoms with Crippen LogP contribution in [0.5, 0.6) is 5.75 Å². The lowest BCUT2D eigenvalue weighted by Crippen LogP contribution is -2.35. The Morgan fingerprint density at radius 3 is 2.88 bits per heavy atom. The normalized spacial score (nSPS) is 14.2. The maximum atomic E-state index is 12.8. The lowest BCUT2D eigenvalue weighted by Gasteiger charge is -2.24. The molecule has 0 aliphatic heterocycles. The molecule has 1 atom stereocenters. The number of aliphatic hydroxyl groups is 1. The third kappa shape index (κ3) is 4.62. The number of para-hydroxylation sites is 1. The van der Waals surface area contributed by atoms with Crippen LogP contribution in [0.3, 0.4) is 0 Å². The standard InChI is InChI=1S/C24H25N3O4S/c28-16(15-31-17-6-2-1-3-7-17)12-27(13-18-8-5-11-30-18)14-21-25-23(29)22-19-9-4-10-20(19)32-24(22)26-21/h1-3,5-8,11,16,28H,4,9-10,12-15H2,(H,25,26,29)/t16-/m0/s1. The molecule has 1 aliphatic carbocycles. The van der Waals surface area contributed by atoms with E-state index in [1.54, 1.807) is 17.6 Å². The summed E-state index contributed by atoms with van der Waals surface area (Å²) in [5.74, 6) is 2.08. The first-order valence-electron chi connectivity index (χ1n) is 10.8. The minimum absolute atomic E-state index is 0.0738. The quantitative estimate of drug-likeness (QED) is 0.405. The van der Waals surface area contributed by atoms with Crippen LogP contribution in [-0.2, 0) is 25.9 Å². The number of aryl methyl sites for hydroxylation is 2. The van der Waals surface area contributed by atoms with Crippen molar-refractivity contribution >= 4 is 21.6 Å². The van der Waals surface area contributed by atoms with Crippen LogP contribution >= 0.6 is 11.3 Å². The third-order valence-corrected chi connectivity index (χ3v) is 6.80. The van der Waals surface area contributed by atoms with Crippen LogP contribution in [0.1, 0.15) is 28.4 Å². The number of nitrogens with one attached hydrogen (secondary N) is 1. The number of ether oxygens (including phenoxy) is 1. The van der Waals surface area contributed by atoms with E-state index in [9.17, 15) is 9.90 Å². The summed E-state index contributed by atoms with van der Waals surface area (Å²) in [5, 5.41) is 11.4.